The molecule has 102 valence electrons. The minimum Gasteiger partial charge on any atom is -0.359 e. The van der Waals surface area contributed by atoms with Gasteiger partial charge in [-0.25, -0.2) is 0 Å². The van der Waals surface area contributed by atoms with Crippen molar-refractivity contribution in [3.05, 3.63) is 35.4 Å². The molecule has 2 nitrogen and oxygen atoms in total. The standard InChI is InChI=1S/C12H14F3NO.ClH/c1-8-6-16-11(17-7-8)9-2-4-10(5-3-9)12(13,14)15;/h2-5,8,11,16H,6-7H2,1H3;1H. The molecule has 0 spiro atoms. The first kappa shape index (κ1) is 15.3. The predicted molar refractivity (Wildman–Crippen MR) is 64.6 cm³/mol. The van der Waals surface area contributed by atoms with E-state index in [-0.39, 0.29) is 18.6 Å². The molecule has 0 aromatic heterocycles. The lowest BCUT2D eigenvalue weighted by molar-refractivity contribution is -0.137. The van der Waals surface area contributed by atoms with E-state index in [4.69, 9.17) is 4.74 Å². The summed E-state index contributed by atoms with van der Waals surface area (Å²) in [5.41, 5.74) is 0.0929. The number of halogens is 4. The Labute approximate surface area is 110 Å². The van der Waals surface area contributed by atoms with Crippen LogP contribution in [0.5, 0.6) is 0 Å². The number of ether oxygens (including phenoxy) is 1. The number of rotatable bonds is 1. The van der Waals surface area contributed by atoms with Gasteiger partial charge in [0.15, 0.2) is 0 Å². The molecule has 0 aliphatic carbocycles. The van der Waals surface area contributed by atoms with Crippen molar-refractivity contribution in [2.45, 2.75) is 19.3 Å². The van der Waals surface area contributed by atoms with Crippen molar-refractivity contribution in [2.75, 3.05) is 13.2 Å². The van der Waals surface area contributed by atoms with Gasteiger partial charge >= 0.3 is 6.18 Å². The van der Waals surface area contributed by atoms with Crippen LogP contribution in [0.1, 0.15) is 24.3 Å². The van der Waals surface area contributed by atoms with Gasteiger partial charge in [-0.1, -0.05) is 19.1 Å². The van der Waals surface area contributed by atoms with Crippen molar-refractivity contribution < 1.29 is 17.9 Å². The molecule has 0 saturated carbocycles. The third kappa shape index (κ3) is 3.60. The second-order valence-corrected chi connectivity index (χ2v) is 4.35. The predicted octanol–water partition coefficient (Wildman–Crippen LogP) is 3.38. The summed E-state index contributed by atoms with van der Waals surface area (Å²) in [5.74, 6) is 0.431. The van der Waals surface area contributed by atoms with Gasteiger partial charge in [0.05, 0.1) is 12.2 Å². The number of hydrogen-bond acceptors (Lipinski definition) is 2. The lowest BCUT2D eigenvalue weighted by atomic mass is 10.1. The molecule has 18 heavy (non-hydrogen) atoms. The van der Waals surface area contributed by atoms with Crippen molar-refractivity contribution >= 4 is 12.4 Å². The molecule has 6 heteroatoms. The second-order valence-electron chi connectivity index (χ2n) is 4.35. The maximum absolute atomic E-state index is 12.4. The Morgan fingerprint density at radius 1 is 1.22 bits per heavy atom. The highest BCUT2D eigenvalue weighted by Gasteiger charge is 2.30. The lowest BCUT2D eigenvalue weighted by Gasteiger charge is -2.28. The normalized spacial score (nSPS) is 24.4. The summed E-state index contributed by atoms with van der Waals surface area (Å²) in [6.07, 6.45) is -4.58. The summed E-state index contributed by atoms with van der Waals surface area (Å²) in [5, 5.41) is 3.14. The Morgan fingerprint density at radius 2 is 1.83 bits per heavy atom. The average molecular weight is 282 g/mol. The van der Waals surface area contributed by atoms with E-state index < -0.39 is 11.7 Å². The number of alkyl halides is 3. The Bertz CT molecular complexity index is 372. The summed E-state index contributed by atoms with van der Waals surface area (Å²) >= 11 is 0. The third-order valence-electron chi connectivity index (χ3n) is 2.74. The quantitative estimate of drug-likeness (QED) is 0.852. The van der Waals surface area contributed by atoms with Crippen LogP contribution in [0.2, 0.25) is 0 Å². The lowest BCUT2D eigenvalue weighted by Crippen LogP contribution is -2.36. The molecule has 0 amide bonds. The zero-order valence-corrected chi connectivity index (χ0v) is 10.6. The maximum atomic E-state index is 12.4. The van der Waals surface area contributed by atoms with Gasteiger partial charge in [0.25, 0.3) is 0 Å². The molecule has 1 heterocycles. The molecular weight excluding hydrogens is 267 g/mol. The SMILES string of the molecule is CC1CNC(c2ccc(C(F)(F)F)cc2)OC1.Cl. The van der Waals surface area contributed by atoms with E-state index in [0.717, 1.165) is 24.2 Å². The largest absolute Gasteiger partial charge is 0.416 e. The molecule has 0 radical (unpaired) electrons. The molecule has 1 aliphatic rings. The third-order valence-corrected chi connectivity index (χ3v) is 2.74. The van der Waals surface area contributed by atoms with Gasteiger partial charge in [0.1, 0.15) is 6.23 Å². The molecule has 2 atom stereocenters. The van der Waals surface area contributed by atoms with E-state index in [0.29, 0.717) is 12.5 Å². The number of hydrogen-bond donors (Lipinski definition) is 1. The summed E-state index contributed by atoms with van der Waals surface area (Å²) in [4.78, 5) is 0. The number of benzene rings is 1. The van der Waals surface area contributed by atoms with Gasteiger partial charge in [0.2, 0.25) is 0 Å². The zero-order chi connectivity index (χ0) is 12.5. The van der Waals surface area contributed by atoms with Crippen molar-refractivity contribution in [3.8, 4) is 0 Å². The molecule has 2 rings (SSSR count). The first-order valence-corrected chi connectivity index (χ1v) is 5.49. The van der Waals surface area contributed by atoms with Gasteiger partial charge in [-0.3, -0.25) is 5.32 Å². The molecule has 1 fully saturated rings. The molecule has 1 aromatic rings. The van der Waals surface area contributed by atoms with Crippen LogP contribution in [0, 0.1) is 5.92 Å². The van der Waals surface area contributed by atoms with E-state index in [1.54, 1.807) is 0 Å². The second kappa shape index (κ2) is 5.91. The topological polar surface area (TPSA) is 21.3 Å². The van der Waals surface area contributed by atoms with Crippen molar-refractivity contribution in [1.29, 1.82) is 0 Å². The molecule has 1 aromatic carbocycles. The minimum absolute atomic E-state index is 0. The first-order chi connectivity index (χ1) is 7.97. The highest BCUT2D eigenvalue weighted by molar-refractivity contribution is 5.85. The van der Waals surface area contributed by atoms with Crippen LogP contribution in [0.15, 0.2) is 24.3 Å². The fourth-order valence-electron chi connectivity index (χ4n) is 1.75. The van der Waals surface area contributed by atoms with E-state index >= 15 is 0 Å². The van der Waals surface area contributed by atoms with Gasteiger partial charge in [-0.2, -0.15) is 13.2 Å². The average Bonchev–Trinajstić information content (AvgIpc) is 2.29. The fraction of sp³-hybridized carbons (Fsp3) is 0.500. The summed E-state index contributed by atoms with van der Waals surface area (Å²) < 4.78 is 42.6. The van der Waals surface area contributed by atoms with Crippen molar-refractivity contribution in [3.63, 3.8) is 0 Å². The van der Waals surface area contributed by atoms with Crippen molar-refractivity contribution in [2.24, 2.45) is 5.92 Å². The van der Waals surface area contributed by atoms with Gasteiger partial charge in [-0.15, -0.1) is 12.4 Å². The van der Waals surface area contributed by atoms with Crippen LogP contribution in [0.3, 0.4) is 0 Å². The van der Waals surface area contributed by atoms with Crippen LogP contribution in [0.25, 0.3) is 0 Å². The Balaban J connectivity index is 0.00000162. The van der Waals surface area contributed by atoms with Crippen molar-refractivity contribution in [1.82, 2.24) is 5.32 Å². The molecule has 1 N–H and O–H groups in total. The van der Waals surface area contributed by atoms with Crippen LogP contribution in [-0.2, 0) is 10.9 Å². The van der Waals surface area contributed by atoms with Gasteiger partial charge in [0, 0.05) is 6.54 Å². The molecule has 0 bridgehead atoms. The first-order valence-electron chi connectivity index (χ1n) is 5.49. The Kier molecular flexibility index (Phi) is 5.01. The summed E-state index contributed by atoms with van der Waals surface area (Å²) in [6.45, 7) is 3.49. The smallest absolute Gasteiger partial charge is 0.359 e. The van der Waals surface area contributed by atoms with Crippen LogP contribution < -0.4 is 5.32 Å². The van der Waals surface area contributed by atoms with E-state index in [1.807, 2.05) is 0 Å². The fourth-order valence-corrected chi connectivity index (χ4v) is 1.75. The van der Waals surface area contributed by atoms with Gasteiger partial charge in [-0.05, 0) is 23.6 Å². The number of nitrogens with one attached hydrogen (secondary N) is 1. The monoisotopic (exact) mass is 281 g/mol. The molecule has 1 aliphatic heterocycles. The zero-order valence-electron chi connectivity index (χ0n) is 9.83. The van der Waals surface area contributed by atoms with Crippen LogP contribution in [-0.4, -0.2) is 13.2 Å². The highest BCUT2D eigenvalue weighted by Crippen LogP contribution is 2.30. The molecular formula is C12H15ClF3NO. The van der Waals surface area contributed by atoms with Crippen LogP contribution in [0.4, 0.5) is 13.2 Å². The molecule has 1 saturated heterocycles. The Hall–Kier alpha value is -0.780. The minimum atomic E-state index is -4.28. The summed E-state index contributed by atoms with van der Waals surface area (Å²) in [6, 6.07) is 5.07. The Morgan fingerprint density at radius 3 is 2.28 bits per heavy atom. The molecule has 2 unspecified atom stereocenters. The highest BCUT2D eigenvalue weighted by atomic mass is 35.5. The maximum Gasteiger partial charge on any atom is 0.416 e. The van der Waals surface area contributed by atoms with E-state index in [2.05, 4.69) is 12.2 Å². The van der Waals surface area contributed by atoms with E-state index in [9.17, 15) is 13.2 Å². The van der Waals surface area contributed by atoms with Crippen LogP contribution >= 0.6 is 12.4 Å². The van der Waals surface area contributed by atoms with Gasteiger partial charge < -0.3 is 4.74 Å². The summed E-state index contributed by atoms with van der Waals surface area (Å²) in [7, 11) is 0. The van der Waals surface area contributed by atoms with E-state index in [1.165, 1.54) is 12.1 Å².